The molecule has 0 aromatic rings. The predicted octanol–water partition coefficient (Wildman–Crippen LogP) is 5.05. The summed E-state index contributed by atoms with van der Waals surface area (Å²) >= 11 is 0. The maximum absolute atomic E-state index is 12.9. The topological polar surface area (TPSA) is 123 Å². The Balaban J connectivity index is -0.000000386. The van der Waals surface area contributed by atoms with E-state index < -0.39 is 30.0 Å². The molecule has 37 heavy (non-hydrogen) atoms. The van der Waals surface area contributed by atoms with E-state index in [9.17, 15) is 14.4 Å². The number of amides is 2. The lowest BCUT2D eigenvalue weighted by molar-refractivity contribution is -0.145. The van der Waals surface area contributed by atoms with Crippen LogP contribution in [0.5, 0.6) is 0 Å². The molecule has 0 fully saturated rings. The van der Waals surface area contributed by atoms with E-state index in [2.05, 4.69) is 22.5 Å². The smallest absolute Gasteiger partial charge is 0.328 e. The minimum Gasteiger partial charge on any atom is -0.467 e. The highest BCUT2D eigenvalue weighted by atomic mass is 16.5. The predicted molar refractivity (Wildman–Crippen MR) is 160 cm³/mol. The fraction of sp³-hybridized carbons (Fsp3) is 0.690. The van der Waals surface area contributed by atoms with Crippen LogP contribution in [0.2, 0.25) is 0 Å². The Kier molecular flexibility index (Phi) is 43.0. The third-order valence-electron chi connectivity index (χ3n) is 4.47. The van der Waals surface area contributed by atoms with Crippen molar-refractivity contribution in [3.63, 3.8) is 0 Å². The Morgan fingerprint density at radius 3 is 1.84 bits per heavy atom. The van der Waals surface area contributed by atoms with Gasteiger partial charge < -0.3 is 26.4 Å². The van der Waals surface area contributed by atoms with Crippen LogP contribution in [-0.4, -0.2) is 56.6 Å². The number of unbranched alkanes of at least 4 members (excludes halogenated alkanes) is 1. The van der Waals surface area contributed by atoms with Crippen LogP contribution in [0.4, 0.5) is 0 Å². The zero-order valence-corrected chi connectivity index (χ0v) is 26.0. The first kappa shape index (κ1) is 44.5. The third-order valence-corrected chi connectivity index (χ3v) is 4.47. The van der Waals surface area contributed by atoms with E-state index in [1.54, 1.807) is 26.1 Å². The van der Waals surface area contributed by atoms with Gasteiger partial charge in [0.15, 0.2) is 0 Å². The molecule has 0 aromatic carbocycles. The Hall–Kier alpha value is -2.45. The number of rotatable bonds is 14. The highest BCUT2D eigenvalue weighted by molar-refractivity contribution is 5.92. The molecule has 8 heteroatoms. The summed E-state index contributed by atoms with van der Waals surface area (Å²) in [6, 6.07) is -2.11. The van der Waals surface area contributed by atoms with Crippen LogP contribution in [0.1, 0.15) is 94.9 Å². The molecule has 0 aliphatic carbocycles. The Morgan fingerprint density at radius 1 is 0.919 bits per heavy atom. The maximum atomic E-state index is 12.9. The zero-order valence-electron chi connectivity index (χ0n) is 26.0. The minimum absolute atomic E-state index is 0.269. The number of hydrogen-bond acceptors (Lipinski definition) is 6. The normalized spacial score (nSPS) is 12.2. The summed E-state index contributed by atoms with van der Waals surface area (Å²) in [7, 11) is 2.94. The molecule has 1 unspecified atom stereocenters. The van der Waals surface area contributed by atoms with Crippen LogP contribution in [-0.2, 0) is 19.1 Å². The van der Waals surface area contributed by atoms with Gasteiger partial charge in [-0.25, -0.2) is 4.79 Å². The van der Waals surface area contributed by atoms with Crippen LogP contribution in [0, 0.1) is 0 Å². The fourth-order valence-corrected chi connectivity index (χ4v) is 2.50. The first-order valence-corrected chi connectivity index (χ1v) is 13.8. The second kappa shape index (κ2) is 35.7. The van der Waals surface area contributed by atoms with E-state index in [4.69, 9.17) is 10.5 Å². The Morgan fingerprint density at radius 2 is 1.43 bits per heavy atom. The lowest BCUT2D eigenvalue weighted by atomic mass is 10.0. The zero-order chi connectivity index (χ0) is 30.2. The van der Waals surface area contributed by atoms with Gasteiger partial charge in [0.25, 0.3) is 0 Å². The number of methoxy groups -OCH3 is 1. The van der Waals surface area contributed by atoms with E-state index in [0.29, 0.717) is 19.4 Å². The van der Waals surface area contributed by atoms with Gasteiger partial charge in [-0.1, -0.05) is 86.3 Å². The molecule has 8 nitrogen and oxygen atoms in total. The molecule has 0 aliphatic heterocycles. The van der Waals surface area contributed by atoms with Crippen molar-refractivity contribution in [2.45, 2.75) is 113 Å². The molecule has 0 saturated carbocycles. The number of nitrogens with one attached hydrogen (secondary N) is 3. The van der Waals surface area contributed by atoms with E-state index in [1.165, 1.54) is 7.11 Å². The summed E-state index contributed by atoms with van der Waals surface area (Å²) in [5.74, 6) is -1.29. The summed E-state index contributed by atoms with van der Waals surface area (Å²) in [5, 5.41) is 8.31. The molecular weight excluding hydrogens is 468 g/mol. The minimum atomic E-state index is -0.847. The van der Waals surface area contributed by atoms with E-state index >= 15 is 0 Å². The van der Waals surface area contributed by atoms with Crippen LogP contribution in [0.3, 0.4) is 0 Å². The van der Waals surface area contributed by atoms with Crippen molar-refractivity contribution in [1.29, 1.82) is 0 Å². The lowest BCUT2D eigenvalue weighted by Crippen LogP contribution is -2.54. The Labute approximate surface area is 228 Å². The third kappa shape index (κ3) is 25.0. The van der Waals surface area contributed by atoms with Crippen LogP contribution in [0.25, 0.3) is 0 Å². The van der Waals surface area contributed by atoms with Gasteiger partial charge in [0, 0.05) is 6.42 Å². The molecule has 5 N–H and O–H groups in total. The van der Waals surface area contributed by atoms with Gasteiger partial charge in [-0.05, 0) is 52.3 Å². The van der Waals surface area contributed by atoms with Crippen molar-refractivity contribution in [2.24, 2.45) is 5.73 Å². The molecule has 0 bridgehead atoms. The van der Waals surface area contributed by atoms with Crippen molar-refractivity contribution >= 4 is 17.8 Å². The number of hydrogen-bond donors (Lipinski definition) is 4. The molecule has 0 spiro atoms. The van der Waals surface area contributed by atoms with Gasteiger partial charge in [0.1, 0.15) is 12.1 Å². The number of carbonyl (C=O) groups is 3. The first-order valence-electron chi connectivity index (χ1n) is 13.8. The molecular formula is C29H60N4O4. The maximum Gasteiger partial charge on any atom is 0.328 e. The van der Waals surface area contributed by atoms with Gasteiger partial charge >= 0.3 is 5.97 Å². The standard InChI is InChI=1S/C21H36N4O4.4C2H6/c1-6-8-11-16(7-2)14-18(25-19(26)15(3)23-4)20(27)24-17(21(28)29-5)12-9-10-13-22;4*1-2/h6-8,11,15,17-18,23H,1,9-10,12-14,22H2,2-5H3,(H,24,27)(H,25,26);4*1-2H3/b11-8-,16-7+;;;;/t15-,17?,18-;;;;/m0..../s1. The summed E-state index contributed by atoms with van der Waals surface area (Å²) in [4.78, 5) is 37.3. The lowest BCUT2D eigenvalue weighted by Gasteiger charge is -2.24. The van der Waals surface area contributed by atoms with Crippen LogP contribution in [0.15, 0.2) is 36.5 Å². The first-order chi connectivity index (χ1) is 17.8. The summed E-state index contributed by atoms with van der Waals surface area (Å²) < 4.78 is 4.80. The van der Waals surface area contributed by atoms with Crippen molar-refractivity contribution in [3.8, 4) is 0 Å². The van der Waals surface area contributed by atoms with E-state index in [-0.39, 0.29) is 12.3 Å². The summed E-state index contributed by atoms with van der Waals surface area (Å²) in [6.45, 7) is 23.7. The average molecular weight is 529 g/mol. The number of nitrogens with two attached hydrogens (primary N) is 1. The molecule has 0 aromatic heterocycles. The van der Waals surface area contributed by atoms with Crippen molar-refractivity contribution < 1.29 is 19.1 Å². The van der Waals surface area contributed by atoms with Gasteiger partial charge in [-0.2, -0.15) is 0 Å². The number of allylic oxidation sites excluding steroid dienone is 4. The highest BCUT2D eigenvalue weighted by Crippen LogP contribution is 2.10. The monoisotopic (exact) mass is 528 g/mol. The number of esters is 1. The molecule has 0 radical (unpaired) electrons. The molecule has 0 rings (SSSR count). The Bertz CT molecular complexity index is 605. The van der Waals surface area contributed by atoms with Gasteiger partial charge in [-0.3, -0.25) is 9.59 Å². The SMILES string of the molecule is C=C/C=C\C(=C/C)C[C@H](NC(=O)[C@H](C)NC)C(=O)NC(CCCCN)C(=O)OC.CC.CC.CC.CC. The van der Waals surface area contributed by atoms with Crippen molar-refractivity contribution in [3.05, 3.63) is 36.5 Å². The summed E-state index contributed by atoms with van der Waals surface area (Å²) in [6.07, 6.45) is 9.15. The molecule has 0 heterocycles. The molecule has 0 aliphatic rings. The molecule has 220 valence electrons. The number of carbonyl (C=O) groups excluding carboxylic acids is 3. The summed E-state index contributed by atoms with van der Waals surface area (Å²) in [5.41, 5.74) is 6.35. The number of ether oxygens (including phenoxy) is 1. The van der Waals surface area contributed by atoms with Crippen molar-refractivity contribution in [2.75, 3.05) is 20.7 Å². The van der Waals surface area contributed by atoms with Gasteiger partial charge in [0.2, 0.25) is 11.8 Å². The fourth-order valence-electron chi connectivity index (χ4n) is 2.50. The largest absolute Gasteiger partial charge is 0.467 e. The van der Waals surface area contributed by atoms with E-state index in [1.807, 2.05) is 74.5 Å². The van der Waals surface area contributed by atoms with Gasteiger partial charge in [0.05, 0.1) is 13.2 Å². The molecule has 2 amide bonds. The molecule has 3 atom stereocenters. The van der Waals surface area contributed by atoms with Gasteiger partial charge in [-0.15, -0.1) is 0 Å². The quantitative estimate of drug-likeness (QED) is 0.142. The highest BCUT2D eigenvalue weighted by Gasteiger charge is 2.28. The van der Waals surface area contributed by atoms with E-state index in [0.717, 1.165) is 12.0 Å². The van der Waals surface area contributed by atoms with Crippen LogP contribution >= 0.6 is 0 Å². The second-order valence-electron chi connectivity index (χ2n) is 6.60. The average Bonchev–Trinajstić information content (AvgIpc) is 2.97. The van der Waals surface area contributed by atoms with Crippen molar-refractivity contribution in [1.82, 2.24) is 16.0 Å². The number of likely N-dealkylation sites (N-methyl/N-ethyl adjacent to an activating group) is 1. The molecule has 0 saturated heterocycles. The van der Waals surface area contributed by atoms with Crippen LogP contribution < -0.4 is 21.7 Å². The second-order valence-corrected chi connectivity index (χ2v) is 6.60.